The van der Waals surface area contributed by atoms with Gasteiger partial charge < -0.3 is 9.47 Å². The van der Waals surface area contributed by atoms with Crippen molar-refractivity contribution in [2.75, 3.05) is 4.90 Å². The lowest BCUT2D eigenvalue weighted by Gasteiger charge is -2.34. The molecule has 2 heteroatoms. The molecule has 7 atom stereocenters. The summed E-state index contributed by atoms with van der Waals surface area (Å²) in [6, 6.07) is 16.7. The monoisotopic (exact) mass is 698 g/mol. The number of para-hydroxylation sites is 1. The van der Waals surface area contributed by atoms with Gasteiger partial charge in [0.15, 0.2) is 0 Å². The average Bonchev–Trinajstić information content (AvgIpc) is 3.77. The van der Waals surface area contributed by atoms with Crippen molar-refractivity contribution < 1.29 is 0 Å². The fourth-order valence-corrected chi connectivity index (χ4v) is 10.4. The molecule has 0 saturated heterocycles. The first-order valence-electron chi connectivity index (χ1n) is 20.2. The third kappa shape index (κ3) is 5.22. The Hall–Kier alpha value is -5.60. The summed E-state index contributed by atoms with van der Waals surface area (Å²) in [6.45, 7) is 0. The summed E-state index contributed by atoms with van der Waals surface area (Å²) < 4.78 is 2.55. The average molecular weight is 699 g/mol. The Balaban J connectivity index is 0.996. The molecule has 7 aliphatic carbocycles. The second kappa shape index (κ2) is 13.1. The van der Waals surface area contributed by atoms with Gasteiger partial charge in [-0.25, -0.2) is 0 Å². The standard InChI is InChI=1S/C52H46N2/c1-4-12-35(13-5-1)38-22-26-43(27-23-38)53-48-30-31-49-51(52(48)46-29-25-42(34-50(46)53)37-16-8-3-9-17-37)45-18-10-11-19-47(45)54(49)44-28-24-40-32-39(20-21-41(40)33-44)36-14-6-2-7-15-36/h1-8,10-12,14,16,18-22,24-36,38,40-41,48,52H,9,13,15,17,23H2. The van der Waals surface area contributed by atoms with Gasteiger partial charge in [0.05, 0.1) is 17.3 Å². The third-order valence-electron chi connectivity index (χ3n) is 13.2. The highest BCUT2D eigenvalue weighted by Crippen LogP contribution is 2.54. The molecule has 54 heavy (non-hydrogen) atoms. The smallest absolute Gasteiger partial charge is 0.0637 e. The SMILES string of the molecule is C1=CCCC(c2ccc3c(c2)N(C2=CCC(C4C=CC=CC4)C=C2)C2C=Cc4c(c5ccccc5n4C4=CC5C=CC(C6C=CC=CC6)=CC5C=C4)C32)=C1. The Morgan fingerprint density at radius 1 is 0.648 bits per heavy atom. The first-order chi connectivity index (χ1) is 26.8. The summed E-state index contributed by atoms with van der Waals surface area (Å²) in [5.41, 5.74) is 13.7. The quantitative estimate of drug-likeness (QED) is 0.258. The number of aromatic nitrogens is 1. The lowest BCUT2D eigenvalue weighted by Crippen LogP contribution is -2.34. The van der Waals surface area contributed by atoms with Crippen LogP contribution in [0.5, 0.6) is 0 Å². The number of benzene rings is 2. The molecule has 0 N–H and O–H groups in total. The number of rotatable bonds is 5. The van der Waals surface area contributed by atoms with E-state index in [1.807, 2.05) is 0 Å². The van der Waals surface area contributed by atoms with E-state index < -0.39 is 0 Å². The van der Waals surface area contributed by atoms with Gasteiger partial charge in [-0.3, -0.25) is 0 Å². The highest BCUT2D eigenvalue weighted by atomic mass is 15.2. The minimum absolute atomic E-state index is 0.209. The maximum Gasteiger partial charge on any atom is 0.0637 e. The first-order valence-corrected chi connectivity index (χ1v) is 20.2. The largest absolute Gasteiger partial charge is 0.334 e. The van der Waals surface area contributed by atoms with Gasteiger partial charge in [-0.05, 0) is 102 Å². The van der Waals surface area contributed by atoms with Gasteiger partial charge in [0.1, 0.15) is 0 Å². The lowest BCUT2D eigenvalue weighted by atomic mass is 9.78. The number of anilines is 1. The molecule has 0 spiro atoms. The van der Waals surface area contributed by atoms with Crippen molar-refractivity contribution in [1.29, 1.82) is 0 Å². The van der Waals surface area contributed by atoms with Crippen molar-refractivity contribution >= 4 is 33.9 Å². The molecule has 0 bridgehead atoms. The highest BCUT2D eigenvalue weighted by molar-refractivity contribution is 5.96. The fourth-order valence-electron chi connectivity index (χ4n) is 10.4. The molecule has 1 aliphatic heterocycles. The third-order valence-corrected chi connectivity index (χ3v) is 13.2. The zero-order chi connectivity index (χ0) is 35.6. The van der Waals surface area contributed by atoms with E-state index in [-0.39, 0.29) is 12.0 Å². The van der Waals surface area contributed by atoms with Crippen LogP contribution in [0.2, 0.25) is 0 Å². The molecule has 3 aromatic rings. The van der Waals surface area contributed by atoms with Crippen LogP contribution < -0.4 is 4.90 Å². The van der Waals surface area contributed by atoms with Crippen LogP contribution in [0.25, 0.3) is 28.2 Å². The molecular weight excluding hydrogens is 653 g/mol. The first kappa shape index (κ1) is 31.9. The summed E-state index contributed by atoms with van der Waals surface area (Å²) in [5.74, 6) is 2.59. The second-order valence-electron chi connectivity index (χ2n) is 16.2. The number of hydrogen-bond acceptors (Lipinski definition) is 1. The number of nitrogens with zero attached hydrogens (tertiary/aromatic N) is 2. The molecule has 0 radical (unpaired) electrons. The van der Waals surface area contributed by atoms with E-state index in [1.54, 1.807) is 0 Å². The molecule has 1 aromatic heterocycles. The van der Waals surface area contributed by atoms with Gasteiger partial charge in [-0.15, -0.1) is 0 Å². The Morgan fingerprint density at radius 3 is 2.33 bits per heavy atom. The zero-order valence-corrected chi connectivity index (χ0v) is 30.7. The van der Waals surface area contributed by atoms with E-state index in [4.69, 9.17) is 0 Å². The van der Waals surface area contributed by atoms with Crippen LogP contribution in [0.1, 0.15) is 60.4 Å². The van der Waals surface area contributed by atoms with E-state index in [2.05, 4.69) is 186 Å². The van der Waals surface area contributed by atoms with E-state index in [0.29, 0.717) is 29.6 Å². The zero-order valence-electron chi connectivity index (χ0n) is 30.7. The molecule has 2 aromatic carbocycles. The van der Waals surface area contributed by atoms with Crippen LogP contribution in [0.3, 0.4) is 0 Å². The maximum absolute atomic E-state index is 2.68. The maximum atomic E-state index is 2.68. The van der Waals surface area contributed by atoms with Crippen LogP contribution >= 0.6 is 0 Å². The Morgan fingerprint density at radius 2 is 1.50 bits per heavy atom. The van der Waals surface area contributed by atoms with Gasteiger partial charge in [0.2, 0.25) is 0 Å². The van der Waals surface area contributed by atoms with Crippen LogP contribution in [-0.4, -0.2) is 10.6 Å². The normalized spacial score (nSPS) is 29.8. The summed E-state index contributed by atoms with van der Waals surface area (Å²) in [7, 11) is 0. The van der Waals surface area contributed by atoms with Crippen molar-refractivity contribution in [2.45, 2.75) is 44.1 Å². The van der Waals surface area contributed by atoms with Gasteiger partial charge in [0.25, 0.3) is 0 Å². The van der Waals surface area contributed by atoms with E-state index in [0.717, 1.165) is 32.1 Å². The van der Waals surface area contributed by atoms with Gasteiger partial charge in [0, 0.05) is 46.1 Å². The summed E-state index contributed by atoms with van der Waals surface area (Å²) in [6.07, 6.45) is 57.5. The van der Waals surface area contributed by atoms with Crippen molar-refractivity contribution in [3.8, 4) is 0 Å². The van der Waals surface area contributed by atoms with Crippen LogP contribution in [0.4, 0.5) is 5.69 Å². The van der Waals surface area contributed by atoms with Gasteiger partial charge >= 0.3 is 0 Å². The Bertz CT molecular complexity index is 2470. The Labute approximate surface area is 319 Å². The predicted octanol–water partition coefficient (Wildman–Crippen LogP) is 12.6. The van der Waals surface area contributed by atoms with Crippen molar-refractivity contribution in [1.82, 2.24) is 4.57 Å². The minimum atomic E-state index is 0.209. The van der Waals surface area contributed by atoms with Crippen molar-refractivity contribution in [3.05, 3.63) is 204 Å². The summed E-state index contributed by atoms with van der Waals surface area (Å²) >= 11 is 0. The molecule has 0 fully saturated rings. The molecule has 0 saturated carbocycles. The van der Waals surface area contributed by atoms with E-state index >= 15 is 0 Å². The van der Waals surface area contributed by atoms with Crippen LogP contribution in [0, 0.1) is 29.6 Å². The summed E-state index contributed by atoms with van der Waals surface area (Å²) in [5, 5.41) is 1.36. The van der Waals surface area contributed by atoms with Crippen LogP contribution in [0.15, 0.2) is 181 Å². The van der Waals surface area contributed by atoms with E-state index in [1.165, 1.54) is 61.5 Å². The topological polar surface area (TPSA) is 8.17 Å². The molecular formula is C52H46N2. The minimum Gasteiger partial charge on any atom is -0.334 e. The van der Waals surface area contributed by atoms with Crippen molar-refractivity contribution in [2.24, 2.45) is 29.6 Å². The Kier molecular flexibility index (Phi) is 7.71. The summed E-state index contributed by atoms with van der Waals surface area (Å²) in [4.78, 5) is 2.68. The predicted molar refractivity (Wildman–Crippen MR) is 228 cm³/mol. The molecule has 264 valence electrons. The van der Waals surface area contributed by atoms with Gasteiger partial charge in [-0.1, -0.05) is 146 Å². The molecule has 0 amide bonds. The fraction of sp³-hybridized carbons (Fsp3) is 0.231. The molecule has 7 unspecified atom stereocenters. The molecule has 2 nitrogen and oxygen atoms in total. The molecule has 8 aliphatic rings. The highest BCUT2D eigenvalue weighted by Gasteiger charge is 2.44. The number of fused-ring (bicyclic) bond motifs is 8. The molecule has 11 rings (SSSR count). The lowest BCUT2D eigenvalue weighted by molar-refractivity contribution is 0.475. The second-order valence-corrected chi connectivity index (χ2v) is 16.2. The van der Waals surface area contributed by atoms with Crippen molar-refractivity contribution in [3.63, 3.8) is 0 Å². The number of hydrogen-bond donors (Lipinski definition) is 0. The van der Waals surface area contributed by atoms with Crippen LogP contribution in [-0.2, 0) is 0 Å². The van der Waals surface area contributed by atoms with Gasteiger partial charge in [-0.2, -0.15) is 0 Å². The molecule has 2 heterocycles. The number of allylic oxidation sites excluding steroid dienone is 23. The van der Waals surface area contributed by atoms with E-state index in [9.17, 15) is 0 Å².